The fourth-order valence-corrected chi connectivity index (χ4v) is 4.50. The summed E-state index contributed by atoms with van der Waals surface area (Å²) >= 11 is 0. The average molecular weight is 350 g/mol. The smallest absolute Gasteiger partial charge is 0.223 e. The minimum atomic E-state index is -1.39. The second kappa shape index (κ2) is 6.38. The Kier molecular flexibility index (Phi) is 4.69. The Morgan fingerprint density at radius 3 is 2.68 bits per heavy atom. The third-order valence-corrected chi connectivity index (χ3v) is 6.01. The molecule has 1 amide bonds. The summed E-state index contributed by atoms with van der Waals surface area (Å²) in [5.41, 5.74) is 7.29. The zero-order valence-electron chi connectivity index (χ0n) is 15.9. The van der Waals surface area contributed by atoms with Gasteiger partial charge in [-0.1, -0.05) is 13.8 Å². The van der Waals surface area contributed by atoms with E-state index in [2.05, 4.69) is 25.9 Å². The van der Waals surface area contributed by atoms with E-state index in [1.54, 1.807) is 4.90 Å². The number of nitrogens with two attached hydrogens (primary N) is 1. The molecular formula is C19H31FN4O. The molecule has 1 aliphatic carbocycles. The minimum absolute atomic E-state index is 0.00617. The summed E-state index contributed by atoms with van der Waals surface area (Å²) in [6.45, 7) is 9.79. The number of halogens is 1. The summed E-state index contributed by atoms with van der Waals surface area (Å²) in [6, 6.07) is 0. The van der Waals surface area contributed by atoms with Crippen LogP contribution in [0, 0.1) is 19.8 Å². The van der Waals surface area contributed by atoms with E-state index in [1.807, 2.05) is 11.6 Å². The van der Waals surface area contributed by atoms with Crippen LogP contribution in [-0.4, -0.2) is 44.9 Å². The molecule has 0 unspecified atom stereocenters. The standard InChI is InChI=1S/C19H31FN4O/c1-13(2)10-24-15(4)16(14(3)22-24)6-7-17(25)23-11-18(20)8-5-9-19(18,21)12-23/h13H,5-12,21H2,1-4H3/t18-,19+/m1/s1. The number of amides is 1. The molecule has 1 aliphatic heterocycles. The highest BCUT2D eigenvalue weighted by molar-refractivity contribution is 5.77. The van der Waals surface area contributed by atoms with Gasteiger partial charge in [-0.3, -0.25) is 9.48 Å². The highest BCUT2D eigenvalue weighted by Gasteiger charge is 2.60. The topological polar surface area (TPSA) is 64.2 Å². The molecule has 1 aromatic heterocycles. The molecule has 0 spiro atoms. The van der Waals surface area contributed by atoms with E-state index in [4.69, 9.17) is 5.73 Å². The highest BCUT2D eigenvalue weighted by atomic mass is 19.1. The quantitative estimate of drug-likeness (QED) is 0.887. The molecule has 140 valence electrons. The van der Waals surface area contributed by atoms with Crippen molar-refractivity contribution in [1.29, 1.82) is 0 Å². The molecule has 2 N–H and O–H groups in total. The Labute approximate surface area is 149 Å². The van der Waals surface area contributed by atoms with Crippen LogP contribution in [0.2, 0.25) is 0 Å². The second-order valence-electron chi connectivity index (χ2n) is 8.45. The number of alkyl halides is 1. The molecule has 0 aromatic carbocycles. The van der Waals surface area contributed by atoms with Gasteiger partial charge < -0.3 is 10.6 Å². The van der Waals surface area contributed by atoms with Crippen molar-refractivity contribution in [1.82, 2.24) is 14.7 Å². The Hall–Kier alpha value is -1.43. The number of hydrogen-bond acceptors (Lipinski definition) is 3. The summed E-state index contributed by atoms with van der Waals surface area (Å²) < 4.78 is 17.0. The molecule has 2 heterocycles. The molecule has 2 atom stereocenters. The highest BCUT2D eigenvalue weighted by Crippen LogP contribution is 2.46. The number of aromatic nitrogens is 2. The number of carbonyl (C=O) groups excluding carboxylic acids is 1. The number of fused-ring (bicyclic) bond motifs is 1. The van der Waals surface area contributed by atoms with Gasteiger partial charge in [-0.25, -0.2) is 4.39 Å². The normalized spacial score (nSPS) is 28.8. The van der Waals surface area contributed by atoms with E-state index in [-0.39, 0.29) is 12.5 Å². The molecule has 0 bridgehead atoms. The first kappa shape index (κ1) is 18.4. The minimum Gasteiger partial charge on any atom is -0.337 e. The lowest BCUT2D eigenvalue weighted by Crippen LogP contribution is -2.53. The predicted octanol–water partition coefficient (Wildman–Crippen LogP) is 2.52. The van der Waals surface area contributed by atoms with Gasteiger partial charge in [-0.15, -0.1) is 0 Å². The fraction of sp³-hybridized carbons (Fsp3) is 0.789. The molecule has 1 saturated heterocycles. The van der Waals surface area contributed by atoms with Gasteiger partial charge in [-0.2, -0.15) is 5.10 Å². The van der Waals surface area contributed by atoms with Crippen LogP contribution in [0.1, 0.15) is 56.5 Å². The lowest BCUT2D eigenvalue weighted by atomic mass is 9.89. The maximum absolute atomic E-state index is 15.0. The largest absolute Gasteiger partial charge is 0.337 e. The third kappa shape index (κ3) is 3.21. The van der Waals surface area contributed by atoms with Crippen molar-refractivity contribution in [3.8, 4) is 0 Å². The number of hydrogen-bond donors (Lipinski definition) is 1. The summed E-state index contributed by atoms with van der Waals surface area (Å²) in [5, 5.41) is 4.61. The van der Waals surface area contributed by atoms with Crippen LogP contribution in [0.4, 0.5) is 4.39 Å². The van der Waals surface area contributed by atoms with Crippen LogP contribution in [0.25, 0.3) is 0 Å². The number of nitrogens with zero attached hydrogens (tertiary/aromatic N) is 3. The third-order valence-electron chi connectivity index (χ3n) is 6.01. The molecule has 6 heteroatoms. The van der Waals surface area contributed by atoms with Crippen molar-refractivity contribution in [3.63, 3.8) is 0 Å². The van der Waals surface area contributed by atoms with E-state index in [0.717, 1.165) is 29.9 Å². The Morgan fingerprint density at radius 2 is 2.04 bits per heavy atom. The van der Waals surface area contributed by atoms with Gasteiger partial charge in [0.2, 0.25) is 5.91 Å². The molecule has 0 radical (unpaired) electrons. The van der Waals surface area contributed by atoms with E-state index >= 15 is 0 Å². The van der Waals surface area contributed by atoms with Crippen LogP contribution in [0.3, 0.4) is 0 Å². The van der Waals surface area contributed by atoms with Crippen molar-refractivity contribution in [3.05, 3.63) is 17.0 Å². The maximum atomic E-state index is 15.0. The summed E-state index contributed by atoms with van der Waals surface area (Å²) in [6.07, 6.45) is 3.02. The second-order valence-corrected chi connectivity index (χ2v) is 8.45. The average Bonchev–Trinajstić information content (AvgIpc) is 3.03. The molecule has 3 rings (SSSR count). The van der Waals surface area contributed by atoms with Crippen molar-refractivity contribution >= 4 is 5.91 Å². The number of aryl methyl sites for hydroxylation is 1. The van der Waals surface area contributed by atoms with Gasteiger partial charge in [0.15, 0.2) is 0 Å². The first-order valence-electron chi connectivity index (χ1n) is 9.44. The zero-order chi connectivity index (χ0) is 18.4. The van der Waals surface area contributed by atoms with Crippen LogP contribution >= 0.6 is 0 Å². The molecule has 1 saturated carbocycles. The Balaban J connectivity index is 1.63. The van der Waals surface area contributed by atoms with E-state index in [9.17, 15) is 9.18 Å². The Bertz CT molecular complexity index is 653. The lowest BCUT2D eigenvalue weighted by molar-refractivity contribution is -0.130. The maximum Gasteiger partial charge on any atom is 0.223 e. The number of carbonyl (C=O) groups is 1. The fourth-order valence-electron chi connectivity index (χ4n) is 4.50. The van der Waals surface area contributed by atoms with E-state index in [1.165, 1.54) is 0 Å². The first-order chi connectivity index (χ1) is 11.7. The van der Waals surface area contributed by atoms with Crippen molar-refractivity contribution in [2.45, 2.75) is 77.6 Å². The SMILES string of the molecule is Cc1nn(CC(C)C)c(C)c1CCC(=O)N1C[C@@]2(N)CCC[C@@]2(F)C1. The van der Waals surface area contributed by atoms with Crippen LogP contribution in [0.5, 0.6) is 0 Å². The molecule has 1 aromatic rings. The van der Waals surface area contributed by atoms with Gasteiger partial charge in [0, 0.05) is 25.2 Å². The van der Waals surface area contributed by atoms with Crippen molar-refractivity contribution in [2.24, 2.45) is 11.7 Å². The molecule has 25 heavy (non-hydrogen) atoms. The molecule has 5 nitrogen and oxygen atoms in total. The summed E-state index contributed by atoms with van der Waals surface area (Å²) in [4.78, 5) is 14.3. The van der Waals surface area contributed by atoms with Crippen LogP contribution in [0.15, 0.2) is 0 Å². The Morgan fingerprint density at radius 1 is 1.32 bits per heavy atom. The summed E-state index contributed by atoms with van der Waals surface area (Å²) in [5.74, 6) is 0.532. The monoisotopic (exact) mass is 350 g/mol. The van der Waals surface area contributed by atoms with Gasteiger partial charge >= 0.3 is 0 Å². The molecule has 2 aliphatic rings. The number of likely N-dealkylation sites (tertiary alicyclic amines) is 1. The first-order valence-corrected chi connectivity index (χ1v) is 9.44. The van der Waals surface area contributed by atoms with Crippen LogP contribution < -0.4 is 5.73 Å². The number of rotatable bonds is 5. The van der Waals surface area contributed by atoms with Crippen LogP contribution in [-0.2, 0) is 17.8 Å². The van der Waals surface area contributed by atoms with Crippen molar-refractivity contribution in [2.75, 3.05) is 13.1 Å². The predicted molar refractivity (Wildman–Crippen MR) is 96.0 cm³/mol. The zero-order valence-corrected chi connectivity index (χ0v) is 15.9. The van der Waals surface area contributed by atoms with Gasteiger partial charge in [0.1, 0.15) is 5.67 Å². The molecule has 2 fully saturated rings. The molecular weight excluding hydrogens is 319 g/mol. The lowest BCUT2D eigenvalue weighted by Gasteiger charge is -2.27. The van der Waals surface area contributed by atoms with E-state index in [0.29, 0.717) is 38.1 Å². The van der Waals surface area contributed by atoms with Gasteiger partial charge in [0.25, 0.3) is 0 Å². The summed E-state index contributed by atoms with van der Waals surface area (Å²) in [7, 11) is 0. The van der Waals surface area contributed by atoms with Gasteiger partial charge in [0.05, 0.1) is 17.8 Å². The van der Waals surface area contributed by atoms with E-state index < -0.39 is 11.2 Å². The van der Waals surface area contributed by atoms with Crippen molar-refractivity contribution < 1.29 is 9.18 Å². The van der Waals surface area contributed by atoms with Gasteiger partial charge in [-0.05, 0) is 51.0 Å².